The van der Waals surface area contributed by atoms with Gasteiger partial charge in [-0.3, -0.25) is 0 Å². The molecule has 0 unspecified atom stereocenters. The van der Waals surface area contributed by atoms with E-state index in [0.717, 1.165) is 12.8 Å². The third-order valence-electron chi connectivity index (χ3n) is 3.50. The van der Waals surface area contributed by atoms with Gasteiger partial charge in [0.1, 0.15) is 0 Å². The van der Waals surface area contributed by atoms with E-state index in [9.17, 15) is 0 Å². The third kappa shape index (κ3) is 2.93. The van der Waals surface area contributed by atoms with E-state index in [1.54, 1.807) is 0 Å². The molecule has 19 heavy (non-hydrogen) atoms. The van der Waals surface area contributed by atoms with Gasteiger partial charge in [-0.05, 0) is 40.7 Å². The molecule has 0 amide bonds. The summed E-state index contributed by atoms with van der Waals surface area (Å²) in [4.78, 5) is 0. The molecule has 0 aromatic heterocycles. The molecule has 2 heteroatoms. The molecule has 0 N–H and O–H groups in total. The molecule has 1 aromatic rings. The SMILES string of the molecule is ClCc1cccc(C2=CC=CC2)c1C1=CC=CC1.[Hf]. The van der Waals surface area contributed by atoms with Crippen LogP contribution in [0.25, 0.3) is 11.1 Å². The molecule has 0 bridgehead atoms. The van der Waals surface area contributed by atoms with Crippen LogP contribution in [-0.2, 0) is 31.7 Å². The van der Waals surface area contributed by atoms with Crippen molar-refractivity contribution in [2.45, 2.75) is 18.7 Å². The first-order valence-electron chi connectivity index (χ1n) is 6.30. The second kappa shape index (κ2) is 6.67. The monoisotopic (exact) mass is 434 g/mol. The molecule has 0 heterocycles. The van der Waals surface area contributed by atoms with Crippen molar-refractivity contribution in [1.82, 2.24) is 0 Å². The van der Waals surface area contributed by atoms with Crippen molar-refractivity contribution in [2.75, 3.05) is 0 Å². The molecular weight excluding hydrogens is 418 g/mol. The Morgan fingerprint density at radius 2 is 1.63 bits per heavy atom. The van der Waals surface area contributed by atoms with E-state index in [0.29, 0.717) is 5.88 Å². The van der Waals surface area contributed by atoms with E-state index < -0.39 is 0 Å². The number of alkyl halides is 1. The van der Waals surface area contributed by atoms with Gasteiger partial charge in [0.25, 0.3) is 0 Å². The molecule has 0 aliphatic heterocycles. The second-order valence-corrected chi connectivity index (χ2v) is 4.89. The Labute approximate surface area is 138 Å². The van der Waals surface area contributed by atoms with Crippen molar-refractivity contribution >= 4 is 22.7 Å². The van der Waals surface area contributed by atoms with Crippen molar-refractivity contribution < 1.29 is 25.8 Å². The molecule has 94 valence electrons. The summed E-state index contributed by atoms with van der Waals surface area (Å²) in [6.45, 7) is 0. The van der Waals surface area contributed by atoms with Crippen molar-refractivity contribution in [3.8, 4) is 0 Å². The number of allylic oxidation sites excluding steroid dienone is 8. The van der Waals surface area contributed by atoms with E-state index in [-0.39, 0.29) is 25.8 Å². The molecule has 0 nitrogen and oxygen atoms in total. The Morgan fingerprint density at radius 3 is 2.21 bits per heavy atom. The maximum absolute atomic E-state index is 6.11. The molecule has 2 aliphatic carbocycles. The number of benzene rings is 1. The predicted molar refractivity (Wildman–Crippen MR) is 79.5 cm³/mol. The van der Waals surface area contributed by atoms with Gasteiger partial charge in [0.05, 0.1) is 0 Å². The van der Waals surface area contributed by atoms with Crippen molar-refractivity contribution in [1.29, 1.82) is 0 Å². The maximum Gasteiger partial charge on any atom is 0.0480 e. The maximum atomic E-state index is 6.11. The van der Waals surface area contributed by atoms with Crippen LogP contribution in [0.3, 0.4) is 0 Å². The van der Waals surface area contributed by atoms with Crippen molar-refractivity contribution in [2.24, 2.45) is 0 Å². The topological polar surface area (TPSA) is 0 Å². The van der Waals surface area contributed by atoms with E-state index in [4.69, 9.17) is 11.6 Å². The molecule has 0 atom stereocenters. The number of hydrogen-bond donors (Lipinski definition) is 0. The zero-order valence-electron chi connectivity index (χ0n) is 10.7. The van der Waals surface area contributed by atoms with Crippen LogP contribution < -0.4 is 0 Å². The Bertz CT molecular complexity index is 591. The summed E-state index contributed by atoms with van der Waals surface area (Å²) in [5.41, 5.74) is 6.69. The Hall–Kier alpha value is -0.660. The van der Waals surface area contributed by atoms with Gasteiger partial charge < -0.3 is 0 Å². The molecule has 0 saturated carbocycles. The standard InChI is InChI=1S/C17H15Cl.Hf/c18-12-15-10-5-11-16(13-6-1-2-7-13)17(15)14-8-3-4-9-14;/h1-6,8,10-11H,7,9,12H2;. The molecule has 2 aliphatic rings. The smallest absolute Gasteiger partial charge is 0.0480 e. The van der Waals surface area contributed by atoms with Crippen LogP contribution in [0.4, 0.5) is 0 Å². The van der Waals surface area contributed by atoms with Crippen LogP contribution in [0.2, 0.25) is 0 Å². The molecule has 1 aromatic carbocycles. The molecular formula is C17H15ClHf. The zero-order valence-corrected chi connectivity index (χ0v) is 15.0. The summed E-state index contributed by atoms with van der Waals surface area (Å²) in [7, 11) is 0. The molecule has 0 radical (unpaired) electrons. The van der Waals surface area contributed by atoms with Gasteiger partial charge in [0.15, 0.2) is 0 Å². The minimum absolute atomic E-state index is 0. The third-order valence-corrected chi connectivity index (χ3v) is 3.79. The largest absolute Gasteiger partial charge is 0.122 e. The average Bonchev–Trinajstić information content (AvgIpc) is 3.10. The van der Waals surface area contributed by atoms with Crippen molar-refractivity contribution in [3.05, 3.63) is 71.3 Å². The van der Waals surface area contributed by atoms with E-state index in [1.807, 2.05) is 0 Å². The van der Waals surface area contributed by atoms with Gasteiger partial charge in [0, 0.05) is 31.7 Å². The van der Waals surface area contributed by atoms with Gasteiger partial charge >= 0.3 is 0 Å². The van der Waals surface area contributed by atoms with Crippen LogP contribution in [0.1, 0.15) is 29.5 Å². The summed E-state index contributed by atoms with van der Waals surface area (Å²) in [5, 5.41) is 0. The first-order valence-corrected chi connectivity index (χ1v) is 6.83. The van der Waals surface area contributed by atoms with Crippen molar-refractivity contribution in [3.63, 3.8) is 0 Å². The summed E-state index contributed by atoms with van der Waals surface area (Å²) in [5.74, 6) is 0.571. The van der Waals surface area contributed by atoms with Gasteiger partial charge in [0.2, 0.25) is 0 Å². The number of rotatable bonds is 3. The van der Waals surface area contributed by atoms with Gasteiger partial charge in [-0.2, -0.15) is 0 Å². The molecule has 0 saturated heterocycles. The normalized spacial score (nSPS) is 16.3. The van der Waals surface area contributed by atoms with Crippen LogP contribution in [0.5, 0.6) is 0 Å². The summed E-state index contributed by atoms with van der Waals surface area (Å²) >= 11 is 6.11. The van der Waals surface area contributed by atoms with Crippen LogP contribution >= 0.6 is 11.6 Å². The van der Waals surface area contributed by atoms with Gasteiger partial charge in [-0.15, -0.1) is 11.6 Å². The number of halogens is 1. The predicted octanol–water partition coefficient (Wildman–Crippen LogP) is 5.11. The summed E-state index contributed by atoms with van der Waals surface area (Å²) in [6.07, 6.45) is 15.1. The Balaban J connectivity index is 0.00000133. The quantitative estimate of drug-likeness (QED) is 0.459. The average molecular weight is 433 g/mol. The van der Waals surface area contributed by atoms with Gasteiger partial charge in [-0.1, -0.05) is 54.7 Å². The molecule has 0 fully saturated rings. The van der Waals surface area contributed by atoms with Gasteiger partial charge in [-0.25, -0.2) is 0 Å². The summed E-state index contributed by atoms with van der Waals surface area (Å²) < 4.78 is 0. The fraction of sp³-hybridized carbons (Fsp3) is 0.176. The van der Waals surface area contributed by atoms with Crippen LogP contribution in [0.15, 0.2) is 54.7 Å². The molecule has 0 spiro atoms. The molecule has 3 rings (SSSR count). The van der Waals surface area contributed by atoms with E-state index in [1.165, 1.54) is 27.8 Å². The van der Waals surface area contributed by atoms with E-state index >= 15 is 0 Å². The van der Waals surface area contributed by atoms with Crippen LogP contribution in [0, 0.1) is 0 Å². The zero-order chi connectivity index (χ0) is 12.4. The fourth-order valence-electron chi connectivity index (χ4n) is 2.64. The number of hydrogen-bond acceptors (Lipinski definition) is 0. The summed E-state index contributed by atoms with van der Waals surface area (Å²) in [6, 6.07) is 6.45. The first kappa shape index (κ1) is 14.7. The van der Waals surface area contributed by atoms with Crippen LogP contribution in [-0.4, -0.2) is 0 Å². The van der Waals surface area contributed by atoms with E-state index in [2.05, 4.69) is 54.7 Å². The minimum atomic E-state index is 0. The Kier molecular flexibility index (Phi) is 5.18. The fourth-order valence-corrected chi connectivity index (χ4v) is 2.86. The second-order valence-electron chi connectivity index (χ2n) is 4.62. The first-order chi connectivity index (χ1) is 8.90. The minimum Gasteiger partial charge on any atom is -0.122 e. The Morgan fingerprint density at radius 1 is 0.947 bits per heavy atom.